The molecule has 50 heavy (non-hydrogen) atoms. The zero-order valence-electron chi connectivity index (χ0n) is 27.3. The van der Waals surface area contributed by atoms with Gasteiger partial charge in [0.1, 0.15) is 27.7 Å². The number of benzene rings is 1. The van der Waals surface area contributed by atoms with E-state index in [-0.39, 0.29) is 41.6 Å². The van der Waals surface area contributed by atoms with Crippen molar-refractivity contribution < 1.29 is 24.6 Å². The highest BCUT2D eigenvalue weighted by Gasteiger charge is 2.42. The summed E-state index contributed by atoms with van der Waals surface area (Å²) in [5.74, 6) is -0.608. The number of nitrogens with one attached hydrogen (secondary N) is 1. The van der Waals surface area contributed by atoms with E-state index in [4.69, 9.17) is 5.11 Å². The SMILES string of the molecule is Cn1ccc2c(=O)n(CC3(O)CCN(C(=O)[C@@H]4CCN(C(=O)c5cnc(-c6ccnc(NC(=O)O)c6)s5)C[C@H]4c4ccccc4)CC3)cnc21. The van der Waals surface area contributed by atoms with Crippen molar-refractivity contribution in [2.75, 3.05) is 31.5 Å². The largest absolute Gasteiger partial charge is 0.465 e. The maximum Gasteiger partial charge on any atom is 0.410 e. The van der Waals surface area contributed by atoms with Crippen LogP contribution in [-0.2, 0) is 18.4 Å². The molecule has 1 aromatic carbocycles. The quantitative estimate of drug-likeness (QED) is 0.229. The van der Waals surface area contributed by atoms with Crippen LogP contribution in [0.4, 0.5) is 10.6 Å². The molecular formula is C35H36N8O6S. The number of aryl methyl sites for hydroxylation is 1. The van der Waals surface area contributed by atoms with Gasteiger partial charge in [0.2, 0.25) is 5.91 Å². The number of amides is 3. The second-order valence-corrected chi connectivity index (χ2v) is 14.0. The molecule has 0 bridgehead atoms. The van der Waals surface area contributed by atoms with Crippen LogP contribution in [0.5, 0.6) is 0 Å². The maximum absolute atomic E-state index is 14.1. The van der Waals surface area contributed by atoms with Crippen molar-refractivity contribution in [3.05, 3.63) is 94.2 Å². The Labute approximate surface area is 290 Å². The van der Waals surface area contributed by atoms with Crippen molar-refractivity contribution >= 4 is 46.1 Å². The van der Waals surface area contributed by atoms with Gasteiger partial charge in [0.05, 0.1) is 23.7 Å². The number of aliphatic hydroxyl groups is 1. The second kappa shape index (κ2) is 13.5. The average Bonchev–Trinajstić information content (AvgIpc) is 3.77. The normalized spacial score (nSPS) is 19.0. The van der Waals surface area contributed by atoms with Gasteiger partial charge < -0.3 is 24.6 Å². The summed E-state index contributed by atoms with van der Waals surface area (Å²) in [5.41, 5.74) is 0.835. The van der Waals surface area contributed by atoms with Gasteiger partial charge in [-0.05, 0) is 43.0 Å². The van der Waals surface area contributed by atoms with Gasteiger partial charge in [-0.3, -0.25) is 24.3 Å². The van der Waals surface area contributed by atoms with Gasteiger partial charge in [0.25, 0.3) is 11.5 Å². The third-order valence-electron chi connectivity index (χ3n) is 9.72. The highest BCUT2D eigenvalue weighted by atomic mass is 32.1. The van der Waals surface area contributed by atoms with E-state index in [2.05, 4.69) is 20.3 Å². The lowest BCUT2D eigenvalue weighted by atomic mass is 9.79. The van der Waals surface area contributed by atoms with Gasteiger partial charge in [-0.15, -0.1) is 11.3 Å². The molecule has 15 heteroatoms. The van der Waals surface area contributed by atoms with Crippen LogP contribution in [0.3, 0.4) is 0 Å². The Hall–Kier alpha value is -5.41. The molecule has 2 aliphatic heterocycles. The molecule has 7 rings (SSSR count). The molecule has 2 atom stereocenters. The van der Waals surface area contributed by atoms with Crippen molar-refractivity contribution in [1.29, 1.82) is 0 Å². The monoisotopic (exact) mass is 696 g/mol. The highest BCUT2D eigenvalue weighted by molar-refractivity contribution is 7.16. The fraction of sp³-hybridized carbons (Fsp3) is 0.343. The first-order chi connectivity index (χ1) is 24.1. The summed E-state index contributed by atoms with van der Waals surface area (Å²) in [5, 5.41) is 23.8. The molecule has 0 spiro atoms. The van der Waals surface area contributed by atoms with E-state index in [9.17, 15) is 24.3 Å². The Morgan fingerprint density at radius 3 is 2.56 bits per heavy atom. The van der Waals surface area contributed by atoms with Crippen LogP contribution in [0.2, 0.25) is 0 Å². The van der Waals surface area contributed by atoms with Crippen molar-refractivity contribution in [3.63, 3.8) is 0 Å². The number of carboxylic acid groups (broad SMARTS) is 1. The van der Waals surface area contributed by atoms with Crippen LogP contribution in [0.1, 0.15) is 40.4 Å². The number of hydrogen-bond donors (Lipinski definition) is 3. The van der Waals surface area contributed by atoms with E-state index in [1.54, 1.807) is 33.9 Å². The number of carbonyl (C=O) groups excluding carboxylic acids is 2. The summed E-state index contributed by atoms with van der Waals surface area (Å²) in [7, 11) is 1.82. The number of hydrogen-bond acceptors (Lipinski definition) is 9. The van der Waals surface area contributed by atoms with Gasteiger partial charge in [0.15, 0.2) is 0 Å². The predicted molar refractivity (Wildman–Crippen MR) is 186 cm³/mol. The summed E-state index contributed by atoms with van der Waals surface area (Å²) >= 11 is 1.21. The Bertz CT molecular complexity index is 2120. The van der Waals surface area contributed by atoms with Crippen molar-refractivity contribution in [2.24, 2.45) is 13.0 Å². The fourth-order valence-corrected chi connectivity index (χ4v) is 7.90. The number of aromatic nitrogens is 5. The fourth-order valence-electron chi connectivity index (χ4n) is 7.02. The lowest BCUT2D eigenvalue weighted by molar-refractivity contribution is -0.142. The lowest BCUT2D eigenvalue weighted by Crippen LogP contribution is -2.53. The van der Waals surface area contributed by atoms with Crippen LogP contribution in [-0.4, -0.2) is 93.8 Å². The minimum atomic E-state index is -1.23. The molecule has 258 valence electrons. The summed E-state index contributed by atoms with van der Waals surface area (Å²) in [6.07, 6.45) is 6.15. The van der Waals surface area contributed by atoms with Gasteiger partial charge in [0, 0.05) is 63.0 Å². The maximum atomic E-state index is 14.1. The van der Waals surface area contributed by atoms with E-state index >= 15 is 0 Å². The molecule has 6 heterocycles. The number of fused-ring (bicyclic) bond motifs is 1. The van der Waals surface area contributed by atoms with Gasteiger partial charge in [-0.2, -0.15) is 0 Å². The second-order valence-electron chi connectivity index (χ2n) is 12.9. The Kier molecular flexibility index (Phi) is 8.92. The van der Waals surface area contributed by atoms with Gasteiger partial charge in [-0.25, -0.2) is 19.7 Å². The van der Waals surface area contributed by atoms with E-state index in [0.29, 0.717) is 71.9 Å². The molecule has 2 fully saturated rings. The molecule has 0 aliphatic carbocycles. The topological polar surface area (TPSA) is 176 Å². The van der Waals surface area contributed by atoms with Crippen molar-refractivity contribution in [3.8, 4) is 10.6 Å². The zero-order chi connectivity index (χ0) is 35.0. The number of anilines is 1. The van der Waals surface area contributed by atoms with Crippen LogP contribution >= 0.6 is 11.3 Å². The van der Waals surface area contributed by atoms with Crippen LogP contribution in [0.25, 0.3) is 21.6 Å². The van der Waals surface area contributed by atoms with Gasteiger partial charge in [-0.1, -0.05) is 30.3 Å². The summed E-state index contributed by atoms with van der Waals surface area (Å²) in [4.78, 5) is 68.9. The number of pyridine rings is 1. The standard InChI is InChI=1S/C35H36N8O6S/c1-40-13-8-25-29(40)38-21-43(32(25)45)20-35(49)10-15-41(16-11-35)31(44)24-9-14-42(19-26(24)22-5-3-2-4-6-22)33(46)27-18-37-30(50-27)23-7-12-36-28(17-23)39-34(47)48/h2-8,12-13,17-18,21,24,26,49H,9-11,14-16,19-20H2,1H3,(H,36,39)(H,47,48)/t24-,26+/m1/s1. The smallest absolute Gasteiger partial charge is 0.410 e. The summed E-state index contributed by atoms with van der Waals surface area (Å²) in [6, 6.07) is 14.7. The summed E-state index contributed by atoms with van der Waals surface area (Å²) in [6.45, 7) is 1.55. The molecule has 2 aliphatic rings. The Balaban J connectivity index is 1.03. The van der Waals surface area contributed by atoms with Crippen molar-refractivity contribution in [2.45, 2.75) is 37.3 Å². The molecule has 14 nitrogen and oxygen atoms in total. The first-order valence-electron chi connectivity index (χ1n) is 16.4. The van der Waals surface area contributed by atoms with Crippen LogP contribution < -0.4 is 10.9 Å². The number of likely N-dealkylation sites (tertiary alicyclic amines) is 2. The summed E-state index contributed by atoms with van der Waals surface area (Å²) < 4.78 is 3.23. The number of rotatable bonds is 7. The molecule has 4 aromatic heterocycles. The van der Waals surface area contributed by atoms with Gasteiger partial charge >= 0.3 is 6.09 Å². The first kappa shape index (κ1) is 33.1. The highest BCUT2D eigenvalue weighted by Crippen LogP contribution is 2.37. The Morgan fingerprint density at radius 2 is 1.80 bits per heavy atom. The Morgan fingerprint density at radius 1 is 1.02 bits per heavy atom. The van der Waals surface area contributed by atoms with E-state index < -0.39 is 11.7 Å². The molecule has 3 N–H and O–H groups in total. The molecule has 3 amide bonds. The number of thiazole rings is 1. The molecule has 0 saturated carbocycles. The first-order valence-corrected chi connectivity index (χ1v) is 17.2. The number of piperidine rings is 2. The number of nitrogens with zero attached hydrogens (tertiary/aromatic N) is 7. The number of carbonyl (C=O) groups is 3. The molecule has 5 aromatic rings. The van der Waals surface area contributed by atoms with E-state index in [1.165, 1.54) is 34.6 Å². The van der Waals surface area contributed by atoms with E-state index in [0.717, 1.165) is 5.56 Å². The minimum Gasteiger partial charge on any atom is -0.465 e. The van der Waals surface area contributed by atoms with Crippen molar-refractivity contribution in [1.82, 2.24) is 33.9 Å². The molecule has 0 radical (unpaired) electrons. The molecule has 0 unspecified atom stereocenters. The molecular weight excluding hydrogens is 661 g/mol. The van der Waals surface area contributed by atoms with Crippen LogP contribution in [0.15, 0.2) is 78.2 Å². The molecule has 2 saturated heterocycles. The predicted octanol–water partition coefficient (Wildman–Crippen LogP) is 3.64. The minimum absolute atomic E-state index is 0.000999. The van der Waals surface area contributed by atoms with E-state index in [1.807, 2.05) is 42.3 Å². The van der Waals surface area contributed by atoms with Crippen LogP contribution in [0, 0.1) is 5.92 Å². The zero-order valence-corrected chi connectivity index (χ0v) is 28.1. The third-order valence-corrected chi connectivity index (χ3v) is 10.8. The average molecular weight is 697 g/mol. The third kappa shape index (κ3) is 6.61. The lowest BCUT2D eigenvalue weighted by Gasteiger charge is -2.43.